The highest BCUT2D eigenvalue weighted by Gasteiger charge is 2.12. The number of nitrogens with two attached hydrogens (primary N) is 2. The van der Waals surface area contributed by atoms with Crippen molar-refractivity contribution in [3.8, 4) is 11.5 Å². The largest absolute Gasteiger partial charge is 0.576 e. The lowest BCUT2D eigenvalue weighted by molar-refractivity contribution is 0.0990. The molecule has 2 amide bonds. The Labute approximate surface area is 122 Å². The zero-order valence-electron chi connectivity index (χ0n) is 11.1. The minimum Gasteiger partial charge on any atom is -0.528 e. The molecule has 21 heavy (non-hydrogen) atoms. The summed E-state index contributed by atoms with van der Waals surface area (Å²) < 4.78 is 10.7. The molecule has 2 rings (SSSR count). The summed E-state index contributed by atoms with van der Waals surface area (Å²) in [6, 6.07) is 13.1. The highest BCUT2D eigenvalue weighted by atomic mass is 16.6. The second kappa shape index (κ2) is 6.47. The number of hydrogen-bond acceptors (Lipinski definition) is 4. The van der Waals surface area contributed by atoms with Gasteiger partial charge < -0.3 is 20.8 Å². The third-order valence-corrected chi connectivity index (χ3v) is 2.73. The predicted octanol–water partition coefficient (Wildman–Crippen LogP) is 0.609. The predicted molar refractivity (Wildman–Crippen MR) is 78.3 cm³/mol. The minimum atomic E-state index is -0.594. The van der Waals surface area contributed by atoms with Crippen LogP contribution in [0.1, 0.15) is 20.7 Å². The Kier molecular flexibility index (Phi) is 4.45. The molecule has 0 saturated heterocycles. The Morgan fingerprint density at radius 2 is 1.14 bits per heavy atom. The van der Waals surface area contributed by atoms with E-state index in [1.165, 1.54) is 0 Å². The number of para-hydroxylation sites is 2. The van der Waals surface area contributed by atoms with Crippen LogP contribution in [0, 0.1) is 0 Å². The molecule has 7 heteroatoms. The maximum atomic E-state index is 11.2. The topological polar surface area (TPSA) is 105 Å². The highest BCUT2D eigenvalue weighted by molar-refractivity contribution is 6.21. The number of benzene rings is 2. The lowest BCUT2D eigenvalue weighted by Crippen LogP contribution is -2.18. The number of carbonyl (C=O) groups is 2. The zero-order chi connectivity index (χ0) is 15.2. The standard InChI is InChI=1S/C14H13BN2O4/c16-13(18)9-5-1-3-7-11(9)20-15-21-12-8-4-2-6-10(12)14(17)19/h1-8,15H,(H2,16,18)(H2,17,19). The Morgan fingerprint density at radius 1 is 0.762 bits per heavy atom. The molecule has 0 radical (unpaired) electrons. The van der Waals surface area contributed by atoms with Gasteiger partial charge in [0.2, 0.25) is 0 Å². The van der Waals surface area contributed by atoms with E-state index in [0.717, 1.165) is 0 Å². The van der Waals surface area contributed by atoms with Gasteiger partial charge in [-0.2, -0.15) is 0 Å². The van der Waals surface area contributed by atoms with Crippen molar-refractivity contribution in [3.05, 3.63) is 59.7 Å². The first-order valence-corrected chi connectivity index (χ1v) is 6.13. The van der Waals surface area contributed by atoms with E-state index in [9.17, 15) is 9.59 Å². The number of carbonyl (C=O) groups excluding carboxylic acids is 2. The second-order valence-electron chi connectivity index (χ2n) is 4.13. The first kappa shape index (κ1) is 14.5. The Morgan fingerprint density at radius 3 is 1.52 bits per heavy atom. The maximum absolute atomic E-state index is 11.2. The van der Waals surface area contributed by atoms with Gasteiger partial charge in [-0.05, 0) is 24.3 Å². The highest BCUT2D eigenvalue weighted by Crippen LogP contribution is 2.19. The van der Waals surface area contributed by atoms with Crippen molar-refractivity contribution in [1.29, 1.82) is 0 Å². The van der Waals surface area contributed by atoms with E-state index in [-0.39, 0.29) is 18.8 Å². The van der Waals surface area contributed by atoms with Gasteiger partial charge in [-0.15, -0.1) is 0 Å². The molecule has 0 spiro atoms. The molecule has 0 aromatic heterocycles. The van der Waals surface area contributed by atoms with Crippen LogP contribution in [0.25, 0.3) is 0 Å². The van der Waals surface area contributed by atoms with Gasteiger partial charge in [-0.25, -0.2) is 0 Å². The van der Waals surface area contributed by atoms with Gasteiger partial charge in [-0.1, -0.05) is 24.3 Å². The number of hydrogen-bond donors (Lipinski definition) is 2. The first-order chi connectivity index (χ1) is 10.1. The van der Waals surface area contributed by atoms with Gasteiger partial charge in [0.05, 0.1) is 11.1 Å². The van der Waals surface area contributed by atoms with Gasteiger partial charge in [0.15, 0.2) is 0 Å². The molecule has 2 aromatic rings. The summed E-state index contributed by atoms with van der Waals surface area (Å²) in [5.74, 6) is -0.575. The summed E-state index contributed by atoms with van der Waals surface area (Å²) >= 11 is 0. The van der Waals surface area contributed by atoms with E-state index in [4.69, 9.17) is 20.8 Å². The molecule has 0 aliphatic carbocycles. The SMILES string of the molecule is NC(=O)c1ccccc1OBOc1ccccc1C(N)=O. The van der Waals surface area contributed by atoms with Crippen molar-refractivity contribution in [1.82, 2.24) is 0 Å². The zero-order valence-corrected chi connectivity index (χ0v) is 11.1. The van der Waals surface area contributed by atoms with E-state index in [1.807, 2.05) is 0 Å². The molecular formula is C14H13BN2O4. The molecule has 2 aromatic carbocycles. The van der Waals surface area contributed by atoms with Crippen LogP contribution in [0.5, 0.6) is 11.5 Å². The Hall–Kier alpha value is -2.96. The van der Waals surface area contributed by atoms with E-state index in [2.05, 4.69) is 0 Å². The summed E-state index contributed by atoms with van der Waals surface area (Å²) in [4.78, 5) is 22.5. The molecular weight excluding hydrogens is 271 g/mol. The minimum absolute atomic E-state index is 0.186. The van der Waals surface area contributed by atoms with Crippen LogP contribution in [0.15, 0.2) is 48.5 Å². The quantitative estimate of drug-likeness (QED) is 0.758. The molecule has 0 aliphatic rings. The van der Waals surface area contributed by atoms with Crippen LogP contribution in [0.4, 0.5) is 0 Å². The summed E-state index contributed by atoms with van der Waals surface area (Å²) in [7, 11) is -0.186. The van der Waals surface area contributed by atoms with Crippen molar-refractivity contribution in [2.45, 2.75) is 0 Å². The molecule has 0 aliphatic heterocycles. The fourth-order valence-electron chi connectivity index (χ4n) is 1.75. The number of rotatable bonds is 6. The normalized spacial score (nSPS) is 9.71. The molecule has 0 unspecified atom stereocenters. The lowest BCUT2D eigenvalue weighted by Gasteiger charge is -2.11. The van der Waals surface area contributed by atoms with Crippen LogP contribution < -0.4 is 20.8 Å². The Balaban J connectivity index is 2.06. The summed E-state index contributed by atoms with van der Waals surface area (Å²) in [5.41, 5.74) is 11.0. The van der Waals surface area contributed by atoms with E-state index < -0.39 is 11.8 Å². The average Bonchev–Trinajstić information content (AvgIpc) is 2.48. The van der Waals surface area contributed by atoms with Crippen LogP contribution in [-0.2, 0) is 0 Å². The third kappa shape index (κ3) is 3.53. The average molecular weight is 284 g/mol. The summed E-state index contributed by atoms with van der Waals surface area (Å²) in [6.45, 7) is 0. The van der Waals surface area contributed by atoms with Gasteiger partial charge in [0.25, 0.3) is 11.8 Å². The molecule has 0 bridgehead atoms. The van der Waals surface area contributed by atoms with Crippen molar-refractivity contribution >= 4 is 19.5 Å². The fourth-order valence-corrected chi connectivity index (χ4v) is 1.75. The smallest absolute Gasteiger partial charge is 0.528 e. The fraction of sp³-hybridized carbons (Fsp3) is 0. The van der Waals surface area contributed by atoms with E-state index in [0.29, 0.717) is 11.5 Å². The van der Waals surface area contributed by atoms with Crippen LogP contribution >= 0.6 is 0 Å². The van der Waals surface area contributed by atoms with Crippen LogP contribution in [-0.4, -0.2) is 19.5 Å². The maximum Gasteiger partial charge on any atom is 0.576 e. The molecule has 0 fully saturated rings. The summed E-state index contributed by atoms with van der Waals surface area (Å²) in [5, 5.41) is 0. The molecule has 0 atom stereocenters. The van der Waals surface area contributed by atoms with Crippen LogP contribution in [0.3, 0.4) is 0 Å². The molecule has 106 valence electrons. The van der Waals surface area contributed by atoms with Gasteiger partial charge in [0, 0.05) is 0 Å². The molecule has 0 saturated carbocycles. The Bertz CT molecular complexity index is 618. The first-order valence-electron chi connectivity index (χ1n) is 6.13. The van der Waals surface area contributed by atoms with Crippen molar-refractivity contribution in [2.75, 3.05) is 0 Å². The molecule has 0 heterocycles. The van der Waals surface area contributed by atoms with Crippen molar-refractivity contribution in [3.63, 3.8) is 0 Å². The molecule has 4 N–H and O–H groups in total. The molecule has 6 nitrogen and oxygen atoms in total. The van der Waals surface area contributed by atoms with E-state index in [1.54, 1.807) is 48.5 Å². The van der Waals surface area contributed by atoms with Crippen molar-refractivity contribution < 1.29 is 18.9 Å². The van der Waals surface area contributed by atoms with Gasteiger partial charge >= 0.3 is 7.69 Å². The third-order valence-electron chi connectivity index (χ3n) is 2.73. The van der Waals surface area contributed by atoms with Crippen molar-refractivity contribution in [2.24, 2.45) is 11.5 Å². The number of primary amides is 2. The van der Waals surface area contributed by atoms with E-state index >= 15 is 0 Å². The lowest BCUT2D eigenvalue weighted by atomic mass is 10.1. The van der Waals surface area contributed by atoms with Crippen LogP contribution in [0.2, 0.25) is 0 Å². The monoisotopic (exact) mass is 284 g/mol. The van der Waals surface area contributed by atoms with Gasteiger partial charge in [-0.3, -0.25) is 9.59 Å². The number of amides is 2. The van der Waals surface area contributed by atoms with Gasteiger partial charge in [0.1, 0.15) is 11.5 Å². The summed E-state index contributed by atoms with van der Waals surface area (Å²) in [6.07, 6.45) is 0. The second-order valence-corrected chi connectivity index (χ2v) is 4.13.